The molecule has 0 spiro atoms. The van der Waals surface area contributed by atoms with Crippen LogP contribution in [0, 0.1) is 0 Å². The van der Waals surface area contributed by atoms with Crippen LogP contribution < -0.4 is 0 Å². The Bertz CT molecular complexity index is 684. The summed E-state index contributed by atoms with van der Waals surface area (Å²) in [5.41, 5.74) is 3.14. The predicted molar refractivity (Wildman–Crippen MR) is 115 cm³/mol. The van der Waals surface area contributed by atoms with Crippen LogP contribution in [0.15, 0.2) is 48.5 Å². The van der Waals surface area contributed by atoms with E-state index in [1.807, 2.05) is 24.3 Å². The maximum atomic E-state index is 10.6. The third-order valence-corrected chi connectivity index (χ3v) is 4.00. The van der Waals surface area contributed by atoms with E-state index in [0.29, 0.717) is 27.8 Å². The molecule has 0 aliphatic carbocycles. The van der Waals surface area contributed by atoms with Gasteiger partial charge in [0.1, 0.15) is 0 Å². The molecule has 0 saturated carbocycles. The van der Waals surface area contributed by atoms with Crippen molar-refractivity contribution >= 4 is 28.6 Å². The van der Waals surface area contributed by atoms with E-state index in [9.17, 15) is 9.59 Å². The molecule has 0 radical (unpaired) electrons. The lowest BCUT2D eigenvalue weighted by molar-refractivity contribution is 0.0686. The van der Waals surface area contributed by atoms with E-state index in [1.165, 1.54) is 0 Å². The Morgan fingerprint density at radius 3 is 0.964 bits per heavy atom. The highest BCUT2D eigenvalue weighted by Crippen LogP contribution is 2.22. The van der Waals surface area contributed by atoms with Crippen LogP contribution in [0.2, 0.25) is 0 Å². The van der Waals surface area contributed by atoms with Crippen molar-refractivity contribution in [1.29, 1.82) is 0 Å². The smallest absolute Gasteiger partial charge is 0.407 e. The zero-order chi connectivity index (χ0) is 22.1. The van der Waals surface area contributed by atoms with Crippen LogP contribution in [0.25, 0.3) is 0 Å². The van der Waals surface area contributed by atoms with Crippen molar-refractivity contribution in [1.82, 2.24) is 0 Å². The van der Waals surface area contributed by atoms with Gasteiger partial charge in [-0.2, -0.15) is 0 Å². The van der Waals surface area contributed by atoms with Gasteiger partial charge in [-0.3, -0.25) is 0 Å². The summed E-state index contributed by atoms with van der Waals surface area (Å²) < 4.78 is 7.14. The molecule has 0 aromatic heterocycles. The Kier molecular flexibility index (Phi) is 10.2. The first-order valence-electron chi connectivity index (χ1n) is 8.95. The molecule has 0 heterocycles. The van der Waals surface area contributed by atoms with E-state index in [2.05, 4.69) is 41.5 Å². The molecule has 152 valence electrons. The standard InChI is InChI=1S/2C11H14O2.Al.H2O.2H/c2*1-11(2,3)9-6-4-8(5-7-9)10(12)13;;;;/h2*4-7H,1-3H3,(H,12,13);;1H2;;/q;;+1;;;/p-1. The zero-order valence-electron chi connectivity index (χ0n) is 17.8. The van der Waals surface area contributed by atoms with Gasteiger partial charge in [-0.25, -0.2) is 9.59 Å². The average molecular weight is 402 g/mol. The molecule has 3 N–H and O–H groups in total. The number of carbonyl (C=O) groups is 2. The van der Waals surface area contributed by atoms with Gasteiger partial charge in [0.15, 0.2) is 0 Å². The first-order valence-corrected chi connectivity index (χ1v) is 9.84. The summed E-state index contributed by atoms with van der Waals surface area (Å²) in [4.78, 5) is 21.1. The van der Waals surface area contributed by atoms with Crippen molar-refractivity contribution in [3.63, 3.8) is 0 Å². The SMILES string of the molecule is CC(C)(C)c1ccc(C(=O)O)cc1.CC(C)(C)c1ccc(C(=O)O)cc1.[OH][AlH2]. The normalized spacial score (nSPS) is 10.7. The topological polar surface area (TPSA) is 94.8 Å². The highest BCUT2D eigenvalue weighted by molar-refractivity contribution is 5.95. The molecule has 5 nitrogen and oxygen atoms in total. The fraction of sp³-hybridized carbons (Fsp3) is 0.364. The van der Waals surface area contributed by atoms with E-state index in [4.69, 9.17) is 14.4 Å². The quantitative estimate of drug-likeness (QED) is 0.663. The lowest BCUT2D eigenvalue weighted by atomic mass is 9.87. The Balaban J connectivity index is 0.000000478. The van der Waals surface area contributed by atoms with E-state index in [1.54, 1.807) is 24.3 Å². The van der Waals surface area contributed by atoms with Crippen molar-refractivity contribution in [3.8, 4) is 0 Å². The third kappa shape index (κ3) is 8.71. The highest BCUT2D eigenvalue weighted by atomic mass is 27.1. The molecule has 0 bridgehead atoms. The summed E-state index contributed by atoms with van der Waals surface area (Å²) in [5.74, 6) is -1.75. The number of carboxylic acids is 2. The number of carboxylic acid groups (broad SMARTS) is 2. The first kappa shape index (κ1) is 25.9. The van der Waals surface area contributed by atoms with Gasteiger partial charge in [-0.05, 0) is 46.2 Å². The van der Waals surface area contributed by atoms with Gasteiger partial charge in [-0.15, -0.1) is 0 Å². The van der Waals surface area contributed by atoms with Gasteiger partial charge >= 0.3 is 28.6 Å². The number of benzene rings is 2. The maximum Gasteiger partial charge on any atom is 0.407 e. The van der Waals surface area contributed by atoms with E-state index < -0.39 is 11.9 Å². The van der Waals surface area contributed by atoms with Gasteiger partial charge < -0.3 is 14.4 Å². The van der Waals surface area contributed by atoms with Crippen molar-refractivity contribution in [2.75, 3.05) is 0 Å². The summed E-state index contributed by atoms with van der Waals surface area (Å²) in [7, 11) is 0. The van der Waals surface area contributed by atoms with Crippen LogP contribution in [-0.2, 0) is 10.8 Å². The Labute approximate surface area is 175 Å². The molecule has 0 aliphatic heterocycles. The van der Waals surface area contributed by atoms with Gasteiger partial charge in [0.2, 0.25) is 0 Å². The van der Waals surface area contributed by atoms with Crippen molar-refractivity contribution in [2.24, 2.45) is 0 Å². The summed E-state index contributed by atoms with van der Waals surface area (Å²) in [6, 6.07) is 14.0. The minimum absolute atomic E-state index is 0.0804. The monoisotopic (exact) mass is 402 g/mol. The molecular formula is C22H31AlO5. The van der Waals surface area contributed by atoms with Crippen LogP contribution in [0.4, 0.5) is 0 Å². The fourth-order valence-corrected chi connectivity index (χ4v) is 2.23. The molecule has 2 rings (SSSR count). The molecule has 6 heteroatoms. The van der Waals surface area contributed by atoms with Crippen LogP contribution in [0.1, 0.15) is 73.4 Å². The molecule has 0 amide bonds. The molecule has 28 heavy (non-hydrogen) atoms. The Morgan fingerprint density at radius 1 is 0.607 bits per heavy atom. The molecule has 2 aromatic rings. The lowest BCUT2D eigenvalue weighted by Crippen LogP contribution is -2.11. The molecule has 0 saturated heterocycles. The van der Waals surface area contributed by atoms with E-state index in [-0.39, 0.29) is 10.8 Å². The second kappa shape index (κ2) is 11.0. The van der Waals surface area contributed by atoms with Gasteiger partial charge in [0.05, 0.1) is 11.1 Å². The van der Waals surface area contributed by atoms with E-state index >= 15 is 0 Å². The number of aromatic carboxylic acids is 2. The minimum atomic E-state index is -0.875. The summed E-state index contributed by atoms with van der Waals surface area (Å²) in [6.45, 7) is 12.6. The van der Waals surface area contributed by atoms with E-state index in [0.717, 1.165) is 11.1 Å². The minimum Gasteiger partial charge on any atom is -0.521 e. The summed E-state index contributed by atoms with van der Waals surface area (Å²) >= 11 is 0.306. The second-order valence-corrected chi connectivity index (χ2v) is 8.27. The van der Waals surface area contributed by atoms with Gasteiger partial charge in [0, 0.05) is 0 Å². The number of hydrogen-bond acceptors (Lipinski definition) is 3. The van der Waals surface area contributed by atoms with Gasteiger partial charge in [-0.1, -0.05) is 65.8 Å². The second-order valence-electron chi connectivity index (χ2n) is 8.27. The first-order chi connectivity index (χ1) is 12.8. The molecule has 0 aliphatic rings. The van der Waals surface area contributed by atoms with Crippen LogP contribution >= 0.6 is 0 Å². The summed E-state index contributed by atoms with van der Waals surface area (Å²) in [6.07, 6.45) is 0. The summed E-state index contributed by atoms with van der Waals surface area (Å²) in [5, 5.41) is 17.4. The highest BCUT2D eigenvalue weighted by Gasteiger charge is 2.14. The maximum absolute atomic E-state index is 10.6. The van der Waals surface area contributed by atoms with Crippen LogP contribution in [0.5, 0.6) is 0 Å². The van der Waals surface area contributed by atoms with Crippen LogP contribution in [-0.4, -0.2) is 42.9 Å². The molecule has 0 fully saturated rings. The third-order valence-electron chi connectivity index (χ3n) is 4.00. The molecule has 2 aromatic carbocycles. The largest absolute Gasteiger partial charge is 0.521 e. The number of hydrogen-bond donors (Lipinski definition) is 3. The van der Waals surface area contributed by atoms with Gasteiger partial charge in [0.25, 0.3) is 0 Å². The molecule has 0 unspecified atom stereocenters. The molecular weight excluding hydrogens is 371 g/mol. The molecule has 0 atom stereocenters. The fourth-order valence-electron chi connectivity index (χ4n) is 2.23. The van der Waals surface area contributed by atoms with Crippen molar-refractivity contribution < 1.29 is 24.0 Å². The van der Waals surface area contributed by atoms with Crippen molar-refractivity contribution in [2.45, 2.75) is 52.4 Å². The Hall–Kier alpha value is -2.13. The Morgan fingerprint density at radius 2 is 0.821 bits per heavy atom. The zero-order valence-corrected chi connectivity index (χ0v) is 19.8. The number of rotatable bonds is 2. The predicted octanol–water partition coefficient (Wildman–Crippen LogP) is 3.89. The van der Waals surface area contributed by atoms with Crippen LogP contribution in [0.3, 0.4) is 0 Å². The average Bonchev–Trinajstić information content (AvgIpc) is 2.62. The van der Waals surface area contributed by atoms with Crippen molar-refractivity contribution in [3.05, 3.63) is 70.8 Å². The lowest BCUT2D eigenvalue weighted by Gasteiger charge is -2.18.